The molecule has 0 heterocycles. The van der Waals surface area contributed by atoms with Crippen LogP contribution < -0.4 is 4.74 Å². The van der Waals surface area contributed by atoms with Crippen molar-refractivity contribution in [1.82, 2.24) is 0 Å². The standard InChI is InChI=1S/C9H16O.C7H8O/c1-4-5-6-7-9(2,3)8-10;1-8-7-5-3-2-4-6-7/h4,8H,1,5-7H2,2-3H3;2-6H,1H3. The second-order valence-electron chi connectivity index (χ2n) is 4.80. The van der Waals surface area contributed by atoms with Crippen LogP contribution in [0.15, 0.2) is 43.0 Å². The van der Waals surface area contributed by atoms with E-state index in [0.29, 0.717) is 0 Å². The summed E-state index contributed by atoms with van der Waals surface area (Å²) in [6.45, 7) is 7.54. The van der Waals surface area contributed by atoms with Gasteiger partial charge in [-0.15, -0.1) is 6.58 Å². The zero-order chi connectivity index (χ0) is 13.9. The molecule has 0 aromatic heterocycles. The van der Waals surface area contributed by atoms with Crippen molar-refractivity contribution >= 4 is 6.29 Å². The predicted molar refractivity (Wildman–Crippen MR) is 76.9 cm³/mol. The molecular formula is C16H24O2. The summed E-state index contributed by atoms with van der Waals surface area (Å²) in [5.74, 6) is 0.910. The van der Waals surface area contributed by atoms with E-state index in [2.05, 4.69) is 6.58 Å². The molecule has 0 unspecified atom stereocenters. The minimum absolute atomic E-state index is 0.136. The fourth-order valence-electron chi connectivity index (χ4n) is 1.32. The summed E-state index contributed by atoms with van der Waals surface area (Å²) in [5, 5.41) is 0. The Morgan fingerprint density at radius 1 is 1.28 bits per heavy atom. The predicted octanol–water partition coefficient (Wildman–Crippen LogP) is 4.26. The first-order valence-electron chi connectivity index (χ1n) is 6.22. The largest absolute Gasteiger partial charge is 0.497 e. The molecule has 2 heteroatoms. The summed E-state index contributed by atoms with van der Waals surface area (Å²) in [5.41, 5.74) is -0.136. The first-order valence-corrected chi connectivity index (χ1v) is 6.22. The summed E-state index contributed by atoms with van der Waals surface area (Å²) in [7, 11) is 1.66. The van der Waals surface area contributed by atoms with Crippen molar-refractivity contribution in [2.75, 3.05) is 7.11 Å². The van der Waals surface area contributed by atoms with Crippen molar-refractivity contribution < 1.29 is 9.53 Å². The van der Waals surface area contributed by atoms with E-state index < -0.39 is 0 Å². The third-order valence-electron chi connectivity index (χ3n) is 2.53. The fourth-order valence-corrected chi connectivity index (χ4v) is 1.32. The Balaban J connectivity index is 0.000000327. The molecule has 0 aliphatic rings. The van der Waals surface area contributed by atoms with Gasteiger partial charge in [0.15, 0.2) is 0 Å². The molecular weight excluding hydrogens is 224 g/mol. The van der Waals surface area contributed by atoms with E-state index in [-0.39, 0.29) is 5.41 Å². The highest BCUT2D eigenvalue weighted by Gasteiger charge is 2.14. The summed E-state index contributed by atoms with van der Waals surface area (Å²) >= 11 is 0. The molecule has 18 heavy (non-hydrogen) atoms. The molecule has 0 aliphatic carbocycles. The lowest BCUT2D eigenvalue weighted by atomic mass is 9.89. The van der Waals surface area contributed by atoms with Gasteiger partial charge < -0.3 is 9.53 Å². The van der Waals surface area contributed by atoms with E-state index in [9.17, 15) is 4.79 Å². The molecule has 0 spiro atoms. The van der Waals surface area contributed by atoms with Gasteiger partial charge >= 0.3 is 0 Å². The van der Waals surface area contributed by atoms with Gasteiger partial charge in [-0.3, -0.25) is 0 Å². The van der Waals surface area contributed by atoms with Crippen molar-refractivity contribution in [1.29, 1.82) is 0 Å². The van der Waals surface area contributed by atoms with Crippen molar-refractivity contribution in [3.05, 3.63) is 43.0 Å². The van der Waals surface area contributed by atoms with Crippen LogP contribution in [0.1, 0.15) is 33.1 Å². The van der Waals surface area contributed by atoms with Gasteiger partial charge in [0.05, 0.1) is 7.11 Å². The molecule has 0 bridgehead atoms. The molecule has 100 valence electrons. The molecule has 0 amide bonds. The van der Waals surface area contributed by atoms with Crippen molar-refractivity contribution in [3.8, 4) is 5.75 Å². The summed E-state index contributed by atoms with van der Waals surface area (Å²) in [6, 6.07) is 9.68. The Bertz CT molecular complexity index is 328. The van der Waals surface area contributed by atoms with E-state index in [0.717, 1.165) is 31.3 Å². The fraction of sp³-hybridized carbons (Fsp3) is 0.438. The van der Waals surface area contributed by atoms with E-state index >= 15 is 0 Å². The smallest absolute Gasteiger partial charge is 0.125 e. The number of allylic oxidation sites excluding steroid dienone is 1. The Hall–Kier alpha value is -1.57. The number of ether oxygens (including phenoxy) is 1. The van der Waals surface area contributed by atoms with Gasteiger partial charge in [0, 0.05) is 5.41 Å². The quantitative estimate of drug-likeness (QED) is 0.427. The van der Waals surface area contributed by atoms with E-state index in [1.54, 1.807) is 7.11 Å². The molecule has 1 rings (SSSR count). The number of hydrogen-bond acceptors (Lipinski definition) is 2. The highest BCUT2D eigenvalue weighted by Crippen LogP contribution is 2.19. The van der Waals surface area contributed by atoms with E-state index in [4.69, 9.17) is 4.74 Å². The van der Waals surface area contributed by atoms with Gasteiger partial charge in [-0.05, 0) is 31.4 Å². The monoisotopic (exact) mass is 248 g/mol. The number of methoxy groups -OCH3 is 1. The SMILES string of the molecule is C=CCCCC(C)(C)C=O.COc1ccccc1. The van der Waals surface area contributed by atoms with Gasteiger partial charge in [0.1, 0.15) is 12.0 Å². The minimum atomic E-state index is -0.136. The average Bonchev–Trinajstić information content (AvgIpc) is 2.40. The normalized spacial score (nSPS) is 9.94. The van der Waals surface area contributed by atoms with Gasteiger partial charge in [0.25, 0.3) is 0 Å². The number of hydrogen-bond donors (Lipinski definition) is 0. The van der Waals surface area contributed by atoms with Crippen LogP contribution >= 0.6 is 0 Å². The Morgan fingerprint density at radius 2 is 1.89 bits per heavy atom. The molecule has 0 radical (unpaired) electrons. The van der Waals surface area contributed by atoms with Crippen LogP contribution in [0.2, 0.25) is 0 Å². The molecule has 1 aromatic rings. The van der Waals surface area contributed by atoms with Gasteiger partial charge in [0.2, 0.25) is 0 Å². The number of carbonyl (C=O) groups is 1. The average molecular weight is 248 g/mol. The summed E-state index contributed by atoms with van der Waals surface area (Å²) in [6.07, 6.45) is 5.95. The number of aldehydes is 1. The van der Waals surface area contributed by atoms with Crippen LogP contribution in [-0.4, -0.2) is 13.4 Å². The highest BCUT2D eigenvalue weighted by atomic mass is 16.5. The molecule has 2 nitrogen and oxygen atoms in total. The van der Waals surface area contributed by atoms with Crippen molar-refractivity contribution in [2.24, 2.45) is 5.41 Å². The molecule has 0 fully saturated rings. The Morgan fingerprint density at radius 3 is 2.28 bits per heavy atom. The van der Waals surface area contributed by atoms with Crippen LogP contribution in [-0.2, 0) is 4.79 Å². The second kappa shape index (κ2) is 9.46. The van der Waals surface area contributed by atoms with Gasteiger partial charge in [-0.1, -0.05) is 38.1 Å². The van der Waals surface area contributed by atoms with Crippen LogP contribution in [0.5, 0.6) is 5.75 Å². The molecule has 0 saturated heterocycles. The lowest BCUT2D eigenvalue weighted by molar-refractivity contribution is -0.115. The lowest BCUT2D eigenvalue weighted by Gasteiger charge is -2.14. The molecule has 0 aliphatic heterocycles. The van der Waals surface area contributed by atoms with Gasteiger partial charge in [-0.25, -0.2) is 0 Å². The maximum Gasteiger partial charge on any atom is 0.125 e. The van der Waals surface area contributed by atoms with Crippen molar-refractivity contribution in [3.63, 3.8) is 0 Å². The molecule has 0 N–H and O–H groups in total. The van der Waals surface area contributed by atoms with E-state index in [1.165, 1.54) is 0 Å². The zero-order valence-corrected chi connectivity index (χ0v) is 11.7. The highest BCUT2D eigenvalue weighted by molar-refractivity contribution is 5.57. The molecule has 0 atom stereocenters. The third kappa shape index (κ3) is 8.57. The van der Waals surface area contributed by atoms with Crippen LogP contribution in [0.4, 0.5) is 0 Å². The minimum Gasteiger partial charge on any atom is -0.497 e. The van der Waals surface area contributed by atoms with Crippen molar-refractivity contribution in [2.45, 2.75) is 33.1 Å². The Kier molecular flexibility index (Phi) is 8.63. The molecule has 0 saturated carbocycles. The van der Waals surface area contributed by atoms with Crippen LogP contribution in [0, 0.1) is 5.41 Å². The number of carbonyl (C=O) groups excluding carboxylic acids is 1. The zero-order valence-electron chi connectivity index (χ0n) is 11.7. The first kappa shape index (κ1) is 16.4. The number of unbranched alkanes of at least 4 members (excludes halogenated alkanes) is 1. The maximum atomic E-state index is 10.4. The number of benzene rings is 1. The number of para-hydroxylation sites is 1. The maximum absolute atomic E-state index is 10.4. The summed E-state index contributed by atoms with van der Waals surface area (Å²) < 4.78 is 4.91. The lowest BCUT2D eigenvalue weighted by Crippen LogP contribution is -2.11. The third-order valence-corrected chi connectivity index (χ3v) is 2.53. The topological polar surface area (TPSA) is 26.3 Å². The second-order valence-corrected chi connectivity index (χ2v) is 4.80. The van der Waals surface area contributed by atoms with Crippen LogP contribution in [0.25, 0.3) is 0 Å². The number of rotatable bonds is 6. The summed E-state index contributed by atoms with van der Waals surface area (Å²) in [4.78, 5) is 10.4. The van der Waals surface area contributed by atoms with Crippen LogP contribution in [0.3, 0.4) is 0 Å². The van der Waals surface area contributed by atoms with E-state index in [1.807, 2.05) is 50.3 Å². The van der Waals surface area contributed by atoms with Gasteiger partial charge in [-0.2, -0.15) is 0 Å². The molecule has 1 aromatic carbocycles. The first-order chi connectivity index (χ1) is 8.55. The Labute approximate surface area is 111 Å².